The van der Waals surface area contributed by atoms with Crippen LogP contribution in [0.2, 0.25) is 0 Å². The highest BCUT2D eigenvalue weighted by Gasteiger charge is 2.36. The van der Waals surface area contributed by atoms with E-state index in [1.807, 2.05) is 17.5 Å². The summed E-state index contributed by atoms with van der Waals surface area (Å²) in [6.07, 6.45) is 2.11. The molecule has 1 fully saturated rings. The van der Waals surface area contributed by atoms with Gasteiger partial charge in [-0.25, -0.2) is 0 Å². The van der Waals surface area contributed by atoms with E-state index < -0.39 is 0 Å². The van der Waals surface area contributed by atoms with E-state index in [4.69, 9.17) is 4.74 Å². The second-order valence-corrected chi connectivity index (χ2v) is 9.14. The first-order valence-corrected chi connectivity index (χ1v) is 11.3. The van der Waals surface area contributed by atoms with Crippen LogP contribution in [-0.2, 0) is 16.1 Å². The van der Waals surface area contributed by atoms with Crippen molar-refractivity contribution in [2.45, 2.75) is 31.9 Å². The van der Waals surface area contributed by atoms with Gasteiger partial charge in [-0.05, 0) is 42.5 Å². The highest BCUT2D eigenvalue weighted by molar-refractivity contribution is 9.10. The molecule has 0 saturated carbocycles. The molecule has 1 saturated heterocycles. The van der Waals surface area contributed by atoms with Crippen molar-refractivity contribution in [1.82, 2.24) is 9.80 Å². The van der Waals surface area contributed by atoms with Crippen molar-refractivity contribution in [3.63, 3.8) is 0 Å². The predicted octanol–water partition coefficient (Wildman–Crippen LogP) is 3.70. The third kappa shape index (κ3) is 4.44. The van der Waals surface area contributed by atoms with Crippen molar-refractivity contribution in [1.29, 1.82) is 0 Å². The molecular formula is C21H21BrN2O4S. The van der Waals surface area contributed by atoms with Gasteiger partial charge in [0, 0.05) is 35.5 Å². The SMILES string of the molecule is O=C(CCN1C(=O)c2ccc(Br)cc2C1=O)N(Cc1cccs1)CC1CCCO1. The Hall–Kier alpha value is -2.03. The molecule has 0 bridgehead atoms. The molecule has 0 aliphatic carbocycles. The fraction of sp³-hybridized carbons (Fsp3) is 0.381. The largest absolute Gasteiger partial charge is 0.376 e. The maximum atomic E-state index is 13.0. The zero-order valence-corrected chi connectivity index (χ0v) is 18.2. The van der Waals surface area contributed by atoms with Crippen LogP contribution in [-0.4, -0.2) is 53.3 Å². The zero-order chi connectivity index (χ0) is 20.4. The van der Waals surface area contributed by atoms with Gasteiger partial charge in [-0.1, -0.05) is 22.0 Å². The molecule has 1 aromatic heterocycles. The van der Waals surface area contributed by atoms with Gasteiger partial charge < -0.3 is 9.64 Å². The number of nitrogens with zero attached hydrogens (tertiary/aromatic N) is 2. The van der Waals surface area contributed by atoms with Gasteiger partial charge in [-0.15, -0.1) is 11.3 Å². The predicted molar refractivity (Wildman–Crippen MR) is 113 cm³/mol. The summed E-state index contributed by atoms with van der Waals surface area (Å²) >= 11 is 4.94. The van der Waals surface area contributed by atoms with E-state index in [0.717, 1.165) is 28.8 Å². The molecule has 0 radical (unpaired) electrons. The van der Waals surface area contributed by atoms with Crippen LogP contribution in [0.4, 0.5) is 0 Å². The van der Waals surface area contributed by atoms with Crippen LogP contribution in [0.25, 0.3) is 0 Å². The normalized spacial score (nSPS) is 18.4. The van der Waals surface area contributed by atoms with Crippen molar-refractivity contribution in [3.05, 3.63) is 56.2 Å². The molecule has 29 heavy (non-hydrogen) atoms. The number of benzene rings is 1. The fourth-order valence-electron chi connectivity index (χ4n) is 3.71. The number of halogens is 1. The Morgan fingerprint density at radius 2 is 2.07 bits per heavy atom. The fourth-order valence-corrected chi connectivity index (χ4v) is 4.79. The van der Waals surface area contributed by atoms with Crippen LogP contribution in [0.3, 0.4) is 0 Å². The van der Waals surface area contributed by atoms with Crippen LogP contribution >= 0.6 is 27.3 Å². The number of hydrogen-bond donors (Lipinski definition) is 0. The van der Waals surface area contributed by atoms with E-state index in [0.29, 0.717) is 24.2 Å². The Bertz CT molecular complexity index is 925. The first-order valence-electron chi connectivity index (χ1n) is 9.60. The number of fused-ring (bicyclic) bond motifs is 1. The Morgan fingerprint density at radius 3 is 2.79 bits per heavy atom. The van der Waals surface area contributed by atoms with Gasteiger partial charge in [0.2, 0.25) is 5.91 Å². The molecule has 2 aromatic rings. The second kappa shape index (κ2) is 8.77. The van der Waals surface area contributed by atoms with Crippen molar-refractivity contribution < 1.29 is 19.1 Å². The minimum Gasteiger partial charge on any atom is -0.376 e. The summed E-state index contributed by atoms with van der Waals surface area (Å²) in [7, 11) is 0. The second-order valence-electron chi connectivity index (χ2n) is 7.19. The summed E-state index contributed by atoms with van der Waals surface area (Å²) in [5, 5.41) is 1.99. The number of hydrogen-bond acceptors (Lipinski definition) is 5. The third-order valence-electron chi connectivity index (χ3n) is 5.21. The van der Waals surface area contributed by atoms with Crippen LogP contribution in [0.5, 0.6) is 0 Å². The molecule has 1 atom stereocenters. The molecule has 152 valence electrons. The Balaban J connectivity index is 1.42. The first-order chi connectivity index (χ1) is 14.0. The molecule has 3 heterocycles. The van der Waals surface area contributed by atoms with E-state index in [-0.39, 0.29) is 36.8 Å². The number of imide groups is 1. The number of rotatable bonds is 7. The molecule has 0 N–H and O–H groups in total. The number of thiophene rings is 1. The highest BCUT2D eigenvalue weighted by atomic mass is 79.9. The van der Waals surface area contributed by atoms with E-state index in [9.17, 15) is 14.4 Å². The van der Waals surface area contributed by atoms with Crippen LogP contribution in [0, 0.1) is 0 Å². The minimum absolute atomic E-state index is 0.0515. The highest BCUT2D eigenvalue weighted by Crippen LogP contribution is 2.26. The summed E-state index contributed by atoms with van der Waals surface area (Å²) in [4.78, 5) is 42.2. The lowest BCUT2D eigenvalue weighted by molar-refractivity contribution is -0.133. The van der Waals surface area contributed by atoms with E-state index >= 15 is 0 Å². The smallest absolute Gasteiger partial charge is 0.261 e. The van der Waals surface area contributed by atoms with E-state index in [2.05, 4.69) is 15.9 Å². The standard InChI is InChI=1S/C21H21BrN2O4S/c22-14-5-6-17-18(11-14)21(27)24(20(17)26)8-7-19(25)23(12-15-3-1-9-28-15)13-16-4-2-10-29-16/h2,4-6,10-11,15H,1,3,7-9,12-13H2. The van der Waals surface area contributed by atoms with Crippen molar-refractivity contribution >= 4 is 45.0 Å². The monoisotopic (exact) mass is 476 g/mol. The maximum absolute atomic E-state index is 13.0. The number of ether oxygens (including phenoxy) is 1. The van der Waals surface area contributed by atoms with E-state index in [1.165, 1.54) is 4.90 Å². The Morgan fingerprint density at radius 1 is 1.24 bits per heavy atom. The first kappa shape index (κ1) is 20.3. The van der Waals surface area contributed by atoms with Gasteiger partial charge in [0.15, 0.2) is 0 Å². The van der Waals surface area contributed by atoms with Gasteiger partial charge in [-0.2, -0.15) is 0 Å². The summed E-state index contributed by atoms with van der Waals surface area (Å²) in [5.41, 5.74) is 0.770. The van der Waals surface area contributed by atoms with Crippen molar-refractivity contribution in [2.24, 2.45) is 0 Å². The zero-order valence-electron chi connectivity index (χ0n) is 15.8. The molecule has 8 heteroatoms. The van der Waals surface area contributed by atoms with E-state index in [1.54, 1.807) is 34.4 Å². The minimum atomic E-state index is -0.344. The van der Waals surface area contributed by atoms with Gasteiger partial charge in [0.25, 0.3) is 11.8 Å². The van der Waals surface area contributed by atoms with Gasteiger partial charge in [0.1, 0.15) is 0 Å². The number of amides is 3. The number of carbonyl (C=O) groups excluding carboxylic acids is 3. The molecule has 6 nitrogen and oxygen atoms in total. The summed E-state index contributed by atoms with van der Waals surface area (Å²) in [6, 6.07) is 9.00. The Labute approximate surface area is 181 Å². The quantitative estimate of drug-likeness (QED) is 0.571. The third-order valence-corrected chi connectivity index (χ3v) is 6.56. The summed E-state index contributed by atoms with van der Waals surface area (Å²) < 4.78 is 6.45. The maximum Gasteiger partial charge on any atom is 0.261 e. The average Bonchev–Trinajstić information content (AvgIpc) is 3.44. The molecule has 2 aliphatic rings. The molecule has 1 aromatic carbocycles. The topological polar surface area (TPSA) is 66.9 Å². The molecular weight excluding hydrogens is 456 g/mol. The van der Waals surface area contributed by atoms with Crippen LogP contribution in [0.1, 0.15) is 44.9 Å². The summed E-state index contributed by atoms with van der Waals surface area (Å²) in [6.45, 7) is 1.86. The molecule has 1 unspecified atom stereocenters. The van der Waals surface area contributed by atoms with Gasteiger partial charge in [-0.3, -0.25) is 19.3 Å². The van der Waals surface area contributed by atoms with Crippen LogP contribution in [0.15, 0.2) is 40.2 Å². The average molecular weight is 477 g/mol. The molecule has 3 amide bonds. The summed E-state index contributed by atoms with van der Waals surface area (Å²) in [5.74, 6) is -0.760. The van der Waals surface area contributed by atoms with Gasteiger partial charge >= 0.3 is 0 Å². The molecule has 4 rings (SSSR count). The molecule has 2 aliphatic heterocycles. The lowest BCUT2D eigenvalue weighted by Crippen LogP contribution is -2.39. The van der Waals surface area contributed by atoms with Crippen LogP contribution < -0.4 is 0 Å². The Kier molecular flexibility index (Phi) is 6.12. The number of carbonyl (C=O) groups is 3. The van der Waals surface area contributed by atoms with Crippen molar-refractivity contribution in [2.75, 3.05) is 19.7 Å². The lowest BCUT2D eigenvalue weighted by Gasteiger charge is -2.26. The van der Waals surface area contributed by atoms with Gasteiger partial charge in [0.05, 0.1) is 23.8 Å². The molecule has 0 spiro atoms. The van der Waals surface area contributed by atoms with Crippen molar-refractivity contribution in [3.8, 4) is 0 Å². The lowest BCUT2D eigenvalue weighted by atomic mass is 10.1.